The molecule has 0 radical (unpaired) electrons. The molecule has 10 heteroatoms. The fourth-order valence-corrected chi connectivity index (χ4v) is 3.23. The highest BCUT2D eigenvalue weighted by Gasteiger charge is 2.13. The minimum atomic E-state index is -0.533. The number of imide groups is 1. The number of thioether (sulfide) groups is 1. The Hall–Kier alpha value is -1.91. The van der Waals surface area contributed by atoms with E-state index in [0.717, 1.165) is 5.82 Å². The van der Waals surface area contributed by atoms with Crippen molar-refractivity contribution in [2.45, 2.75) is 11.6 Å². The highest BCUT2D eigenvalue weighted by Crippen LogP contribution is 2.18. The van der Waals surface area contributed by atoms with Gasteiger partial charge in [-0.25, -0.2) is 4.79 Å². The summed E-state index contributed by atoms with van der Waals surface area (Å²) in [5, 5.41) is 15.7. The van der Waals surface area contributed by atoms with E-state index in [9.17, 15) is 9.59 Å². The zero-order chi connectivity index (χ0) is 17.4. The number of nitrogens with zero attached hydrogens (tertiary/aromatic N) is 3. The third kappa shape index (κ3) is 5.62. The first kappa shape index (κ1) is 18.4. The molecule has 2 N–H and O–H groups in total. The Morgan fingerprint density at radius 2 is 2.25 bits per heavy atom. The summed E-state index contributed by atoms with van der Waals surface area (Å²) in [6.45, 7) is 0.737. The molecule has 0 saturated carbocycles. The number of carbonyl (C=O) groups is 2. The van der Waals surface area contributed by atoms with Crippen molar-refractivity contribution in [3.8, 4) is 0 Å². The second-order valence-electron chi connectivity index (χ2n) is 4.80. The van der Waals surface area contributed by atoms with Crippen LogP contribution in [0, 0.1) is 0 Å². The molecule has 2 aromatic heterocycles. The molecule has 0 bridgehead atoms. The Morgan fingerprint density at radius 1 is 1.42 bits per heavy atom. The van der Waals surface area contributed by atoms with Crippen LogP contribution < -0.4 is 10.6 Å². The van der Waals surface area contributed by atoms with E-state index in [1.54, 1.807) is 11.3 Å². The van der Waals surface area contributed by atoms with Crippen molar-refractivity contribution in [3.63, 3.8) is 0 Å². The summed E-state index contributed by atoms with van der Waals surface area (Å²) in [4.78, 5) is 24.4. The van der Waals surface area contributed by atoms with Crippen molar-refractivity contribution >= 4 is 35.0 Å². The van der Waals surface area contributed by atoms with E-state index < -0.39 is 11.9 Å². The molecular weight excluding hydrogens is 350 g/mol. The van der Waals surface area contributed by atoms with Crippen molar-refractivity contribution < 1.29 is 14.3 Å². The first-order valence-electron chi connectivity index (χ1n) is 7.20. The molecule has 3 amide bonds. The predicted molar refractivity (Wildman–Crippen MR) is 92.3 cm³/mol. The van der Waals surface area contributed by atoms with Crippen LogP contribution in [0.5, 0.6) is 0 Å². The lowest BCUT2D eigenvalue weighted by Gasteiger charge is -2.06. The number of carbonyl (C=O) groups excluding carboxylic acids is 2. The fraction of sp³-hybridized carbons (Fsp3) is 0.429. The number of ether oxygens (including phenoxy) is 1. The number of nitrogens with one attached hydrogen (secondary N) is 2. The third-order valence-electron chi connectivity index (χ3n) is 3.01. The number of urea groups is 1. The van der Waals surface area contributed by atoms with Gasteiger partial charge in [-0.3, -0.25) is 10.1 Å². The number of rotatable bonds is 8. The number of methoxy groups -OCH3 is 1. The average Bonchev–Trinajstić information content (AvgIpc) is 3.17. The van der Waals surface area contributed by atoms with Crippen LogP contribution in [0.1, 0.15) is 10.7 Å². The van der Waals surface area contributed by atoms with Crippen LogP contribution in [0.3, 0.4) is 0 Å². The van der Waals surface area contributed by atoms with Crippen LogP contribution in [-0.2, 0) is 23.0 Å². The van der Waals surface area contributed by atoms with Crippen LogP contribution >= 0.6 is 23.1 Å². The van der Waals surface area contributed by atoms with Crippen molar-refractivity contribution in [3.05, 3.63) is 28.2 Å². The number of hydrogen-bond donors (Lipinski definition) is 2. The predicted octanol–water partition coefficient (Wildman–Crippen LogP) is 1.03. The van der Waals surface area contributed by atoms with Gasteiger partial charge in [-0.05, 0) is 11.4 Å². The fourth-order valence-electron chi connectivity index (χ4n) is 1.80. The van der Waals surface area contributed by atoms with Gasteiger partial charge >= 0.3 is 6.03 Å². The van der Waals surface area contributed by atoms with Gasteiger partial charge in [0.25, 0.3) is 0 Å². The van der Waals surface area contributed by atoms with Gasteiger partial charge in [0.1, 0.15) is 5.82 Å². The quantitative estimate of drug-likeness (QED) is 0.533. The Morgan fingerprint density at radius 3 is 2.96 bits per heavy atom. The molecule has 0 fully saturated rings. The van der Waals surface area contributed by atoms with Crippen molar-refractivity contribution in [2.75, 3.05) is 26.0 Å². The Balaban J connectivity index is 1.78. The van der Waals surface area contributed by atoms with Crippen LogP contribution in [-0.4, -0.2) is 52.7 Å². The summed E-state index contributed by atoms with van der Waals surface area (Å²) >= 11 is 2.90. The summed E-state index contributed by atoms with van der Waals surface area (Å²) < 4.78 is 6.66. The minimum Gasteiger partial charge on any atom is -0.383 e. The molecular formula is C14H19N5O3S2. The Labute approximate surface area is 148 Å². The first-order valence-corrected chi connectivity index (χ1v) is 9.06. The molecule has 0 atom stereocenters. The topological polar surface area (TPSA) is 98.1 Å². The van der Waals surface area contributed by atoms with Gasteiger partial charge in [0.2, 0.25) is 5.91 Å². The van der Waals surface area contributed by atoms with Crippen LogP contribution in [0.4, 0.5) is 4.79 Å². The Kier molecular flexibility index (Phi) is 7.22. The highest BCUT2D eigenvalue weighted by molar-refractivity contribution is 7.99. The molecule has 2 aromatic rings. The summed E-state index contributed by atoms with van der Waals surface area (Å²) in [6.07, 6.45) is 0.704. The van der Waals surface area contributed by atoms with Gasteiger partial charge < -0.3 is 14.6 Å². The van der Waals surface area contributed by atoms with E-state index in [1.807, 2.05) is 29.1 Å². The van der Waals surface area contributed by atoms with Gasteiger partial charge in [0.05, 0.1) is 12.4 Å². The summed E-state index contributed by atoms with van der Waals surface area (Å²) in [5.74, 6) is 0.526. The molecule has 0 unspecified atom stereocenters. The molecule has 0 aliphatic carbocycles. The zero-order valence-corrected chi connectivity index (χ0v) is 15.1. The second-order valence-corrected chi connectivity index (χ2v) is 6.77. The number of aromatic nitrogens is 3. The van der Waals surface area contributed by atoms with Crippen molar-refractivity contribution in [1.82, 2.24) is 25.4 Å². The molecule has 2 heterocycles. The van der Waals surface area contributed by atoms with Crippen LogP contribution in [0.15, 0.2) is 22.7 Å². The molecule has 0 aromatic carbocycles. The monoisotopic (exact) mass is 369 g/mol. The summed E-state index contributed by atoms with van der Waals surface area (Å²) in [6, 6.07) is 3.50. The van der Waals surface area contributed by atoms with E-state index in [-0.39, 0.29) is 5.75 Å². The van der Waals surface area contributed by atoms with Crippen LogP contribution in [0.25, 0.3) is 0 Å². The lowest BCUT2D eigenvalue weighted by molar-refractivity contribution is -0.117. The van der Waals surface area contributed by atoms with Gasteiger partial charge in [-0.2, -0.15) is 0 Å². The zero-order valence-electron chi connectivity index (χ0n) is 13.4. The van der Waals surface area contributed by atoms with E-state index in [0.29, 0.717) is 24.7 Å². The summed E-state index contributed by atoms with van der Waals surface area (Å²) in [5.41, 5.74) is 0. The summed E-state index contributed by atoms with van der Waals surface area (Å²) in [7, 11) is 3.40. The molecule has 8 nitrogen and oxygen atoms in total. The smallest absolute Gasteiger partial charge is 0.321 e. The lowest BCUT2D eigenvalue weighted by atomic mass is 10.3. The first-order chi connectivity index (χ1) is 11.6. The molecule has 2 rings (SSSR count). The minimum absolute atomic E-state index is 0.0860. The molecule has 24 heavy (non-hydrogen) atoms. The highest BCUT2D eigenvalue weighted by atomic mass is 32.2. The molecule has 0 spiro atoms. The van der Waals surface area contributed by atoms with E-state index in [1.165, 1.54) is 23.7 Å². The van der Waals surface area contributed by atoms with Crippen LogP contribution in [0.2, 0.25) is 0 Å². The maximum atomic E-state index is 11.8. The maximum absolute atomic E-state index is 11.8. The number of hydrogen-bond acceptors (Lipinski definition) is 7. The van der Waals surface area contributed by atoms with Gasteiger partial charge in [0, 0.05) is 32.0 Å². The normalized spacial score (nSPS) is 10.6. The molecule has 0 aliphatic heterocycles. The third-order valence-corrected chi connectivity index (χ3v) is 4.91. The standard InChI is InChI=1S/C14H19N5O3S2/c1-19-11(8-10-4-3-7-23-10)17-18-14(19)24-9-12(20)16-13(21)15-5-6-22-2/h3-4,7H,5-6,8-9H2,1-2H3,(H2,15,16,20,21). The maximum Gasteiger partial charge on any atom is 0.321 e. The van der Waals surface area contributed by atoms with Crippen molar-refractivity contribution in [1.29, 1.82) is 0 Å². The van der Waals surface area contributed by atoms with E-state index in [4.69, 9.17) is 4.74 Å². The van der Waals surface area contributed by atoms with Gasteiger partial charge in [-0.1, -0.05) is 17.8 Å². The molecule has 0 saturated heterocycles. The number of amides is 3. The number of thiophene rings is 1. The second kappa shape index (κ2) is 9.40. The average molecular weight is 369 g/mol. The SMILES string of the molecule is COCCNC(=O)NC(=O)CSc1nnc(Cc2cccs2)n1C. The van der Waals surface area contributed by atoms with E-state index in [2.05, 4.69) is 20.8 Å². The molecule has 0 aliphatic rings. The van der Waals surface area contributed by atoms with Gasteiger partial charge in [0.15, 0.2) is 5.16 Å². The largest absolute Gasteiger partial charge is 0.383 e. The lowest BCUT2D eigenvalue weighted by Crippen LogP contribution is -2.41. The van der Waals surface area contributed by atoms with Gasteiger partial charge in [-0.15, -0.1) is 21.5 Å². The Bertz CT molecular complexity index is 672. The molecule has 130 valence electrons. The van der Waals surface area contributed by atoms with E-state index >= 15 is 0 Å². The van der Waals surface area contributed by atoms with Crippen molar-refractivity contribution in [2.24, 2.45) is 7.05 Å².